The Morgan fingerprint density at radius 2 is 1.88 bits per heavy atom. The molecule has 0 saturated carbocycles. The molecule has 2 rings (SSSR count). The standard InChI is InChI=1S/C18H19ClN2O3/c1-12-5-3-4-6-13(12)11-20-17(22)10-18(23)21-15-9-14(19)7-8-16(15)24-2/h3-9H,10-11H2,1-2H3,(H,20,22)(H,21,23). The van der Waals surface area contributed by atoms with Crippen LogP contribution >= 0.6 is 11.6 Å². The average molecular weight is 347 g/mol. The molecule has 2 aromatic carbocycles. The topological polar surface area (TPSA) is 67.4 Å². The minimum atomic E-state index is -0.433. The average Bonchev–Trinajstić information content (AvgIpc) is 2.54. The normalized spacial score (nSPS) is 10.1. The van der Waals surface area contributed by atoms with Gasteiger partial charge in [-0.2, -0.15) is 0 Å². The largest absolute Gasteiger partial charge is 0.495 e. The van der Waals surface area contributed by atoms with E-state index in [0.717, 1.165) is 11.1 Å². The summed E-state index contributed by atoms with van der Waals surface area (Å²) in [6.07, 6.45) is -0.276. The zero-order valence-electron chi connectivity index (χ0n) is 13.6. The van der Waals surface area contributed by atoms with Gasteiger partial charge < -0.3 is 15.4 Å². The molecule has 6 heteroatoms. The third-order valence-corrected chi connectivity index (χ3v) is 3.73. The second-order valence-electron chi connectivity index (χ2n) is 5.27. The first kappa shape index (κ1) is 17.8. The molecule has 5 nitrogen and oxygen atoms in total. The van der Waals surface area contributed by atoms with Crippen molar-refractivity contribution in [2.75, 3.05) is 12.4 Å². The fraction of sp³-hybridized carbons (Fsp3) is 0.222. The van der Waals surface area contributed by atoms with Crippen LogP contribution in [0.5, 0.6) is 5.75 Å². The van der Waals surface area contributed by atoms with Gasteiger partial charge in [-0.25, -0.2) is 0 Å². The van der Waals surface area contributed by atoms with Crippen LogP contribution in [0, 0.1) is 6.92 Å². The summed E-state index contributed by atoms with van der Waals surface area (Å²) in [6, 6.07) is 12.6. The van der Waals surface area contributed by atoms with Crippen molar-refractivity contribution >= 4 is 29.1 Å². The highest BCUT2D eigenvalue weighted by atomic mass is 35.5. The predicted molar refractivity (Wildman–Crippen MR) is 94.3 cm³/mol. The van der Waals surface area contributed by atoms with Crippen molar-refractivity contribution in [1.29, 1.82) is 0 Å². The smallest absolute Gasteiger partial charge is 0.233 e. The molecule has 0 aliphatic rings. The van der Waals surface area contributed by atoms with E-state index in [4.69, 9.17) is 16.3 Å². The van der Waals surface area contributed by atoms with Gasteiger partial charge in [0.25, 0.3) is 0 Å². The van der Waals surface area contributed by atoms with Crippen molar-refractivity contribution in [2.45, 2.75) is 19.9 Å². The maximum atomic E-state index is 12.0. The number of aryl methyl sites for hydroxylation is 1. The Morgan fingerprint density at radius 3 is 2.58 bits per heavy atom. The molecule has 0 unspecified atom stereocenters. The van der Waals surface area contributed by atoms with Gasteiger partial charge in [0, 0.05) is 11.6 Å². The van der Waals surface area contributed by atoms with Crippen LogP contribution in [0.3, 0.4) is 0 Å². The first-order chi connectivity index (χ1) is 11.5. The Kier molecular flexibility index (Phi) is 6.21. The van der Waals surface area contributed by atoms with E-state index in [1.54, 1.807) is 18.2 Å². The molecule has 0 fully saturated rings. The van der Waals surface area contributed by atoms with Crippen molar-refractivity contribution in [2.24, 2.45) is 0 Å². The summed E-state index contributed by atoms with van der Waals surface area (Å²) in [6.45, 7) is 2.36. The third kappa shape index (κ3) is 4.99. The number of hydrogen-bond donors (Lipinski definition) is 2. The number of rotatable bonds is 6. The molecule has 2 amide bonds. The number of carbonyl (C=O) groups excluding carboxylic acids is 2. The van der Waals surface area contributed by atoms with Gasteiger partial charge in [-0.05, 0) is 36.2 Å². The number of nitrogens with one attached hydrogen (secondary N) is 2. The van der Waals surface area contributed by atoms with E-state index in [1.165, 1.54) is 7.11 Å². The quantitative estimate of drug-likeness (QED) is 0.788. The van der Waals surface area contributed by atoms with Crippen LogP contribution in [0.1, 0.15) is 17.5 Å². The minimum absolute atomic E-state index is 0.276. The first-order valence-corrected chi connectivity index (χ1v) is 7.82. The highest BCUT2D eigenvalue weighted by Crippen LogP contribution is 2.27. The molecule has 2 N–H and O–H groups in total. The second-order valence-corrected chi connectivity index (χ2v) is 5.71. The maximum Gasteiger partial charge on any atom is 0.233 e. The van der Waals surface area contributed by atoms with E-state index >= 15 is 0 Å². The van der Waals surface area contributed by atoms with Gasteiger partial charge in [-0.3, -0.25) is 9.59 Å². The van der Waals surface area contributed by atoms with Crippen LogP contribution in [0.15, 0.2) is 42.5 Å². The van der Waals surface area contributed by atoms with E-state index in [-0.39, 0.29) is 12.3 Å². The summed E-state index contributed by atoms with van der Waals surface area (Å²) in [5, 5.41) is 5.84. The zero-order chi connectivity index (χ0) is 17.5. The first-order valence-electron chi connectivity index (χ1n) is 7.44. The van der Waals surface area contributed by atoms with E-state index < -0.39 is 5.91 Å². The van der Waals surface area contributed by atoms with Crippen molar-refractivity contribution in [3.8, 4) is 5.75 Å². The Balaban J connectivity index is 1.89. The molecule has 0 atom stereocenters. The number of hydrogen-bond acceptors (Lipinski definition) is 3. The SMILES string of the molecule is COc1ccc(Cl)cc1NC(=O)CC(=O)NCc1ccccc1C. The lowest BCUT2D eigenvalue weighted by atomic mass is 10.1. The van der Waals surface area contributed by atoms with Gasteiger partial charge in [-0.15, -0.1) is 0 Å². The fourth-order valence-corrected chi connectivity index (χ4v) is 2.35. The van der Waals surface area contributed by atoms with Gasteiger partial charge in [0.2, 0.25) is 11.8 Å². The van der Waals surface area contributed by atoms with Crippen LogP contribution < -0.4 is 15.4 Å². The van der Waals surface area contributed by atoms with E-state index in [1.807, 2.05) is 31.2 Å². The van der Waals surface area contributed by atoms with Crippen molar-refractivity contribution in [3.05, 3.63) is 58.6 Å². The van der Waals surface area contributed by atoms with Crippen molar-refractivity contribution in [1.82, 2.24) is 5.32 Å². The molecular formula is C18H19ClN2O3. The summed E-state index contributed by atoms with van der Waals surface area (Å²) in [7, 11) is 1.49. The summed E-state index contributed by atoms with van der Waals surface area (Å²) in [5.74, 6) is -0.303. The lowest BCUT2D eigenvalue weighted by molar-refractivity contribution is -0.126. The Bertz CT molecular complexity index is 747. The molecule has 2 aromatic rings. The number of benzene rings is 2. The molecule has 0 bridgehead atoms. The minimum Gasteiger partial charge on any atom is -0.495 e. The number of anilines is 1. The maximum absolute atomic E-state index is 12.0. The second kappa shape index (κ2) is 8.36. The summed E-state index contributed by atoms with van der Waals surface area (Å²) < 4.78 is 5.15. The molecule has 0 spiro atoms. The fourth-order valence-electron chi connectivity index (χ4n) is 2.18. The molecule has 0 radical (unpaired) electrons. The number of carbonyl (C=O) groups is 2. The molecule has 0 saturated heterocycles. The molecule has 0 aromatic heterocycles. The predicted octanol–water partition coefficient (Wildman–Crippen LogP) is 3.30. The Hall–Kier alpha value is -2.53. The zero-order valence-corrected chi connectivity index (χ0v) is 14.3. The highest BCUT2D eigenvalue weighted by Gasteiger charge is 2.12. The van der Waals surface area contributed by atoms with Crippen LogP contribution in [-0.4, -0.2) is 18.9 Å². The van der Waals surface area contributed by atoms with Crippen molar-refractivity contribution < 1.29 is 14.3 Å². The molecule has 0 aliphatic carbocycles. The number of halogens is 1. The van der Waals surface area contributed by atoms with Crippen LogP contribution in [0.4, 0.5) is 5.69 Å². The van der Waals surface area contributed by atoms with Gasteiger partial charge in [0.05, 0.1) is 12.8 Å². The molecule has 24 heavy (non-hydrogen) atoms. The lowest BCUT2D eigenvalue weighted by Crippen LogP contribution is -2.28. The van der Waals surface area contributed by atoms with Gasteiger partial charge in [0.1, 0.15) is 12.2 Å². The van der Waals surface area contributed by atoms with Crippen LogP contribution in [0.25, 0.3) is 0 Å². The van der Waals surface area contributed by atoms with Gasteiger partial charge >= 0.3 is 0 Å². The molecule has 0 heterocycles. The van der Waals surface area contributed by atoms with Gasteiger partial charge in [-0.1, -0.05) is 35.9 Å². The van der Waals surface area contributed by atoms with E-state index in [9.17, 15) is 9.59 Å². The number of methoxy groups -OCH3 is 1. The summed E-state index contributed by atoms with van der Waals surface area (Å²) in [4.78, 5) is 23.9. The summed E-state index contributed by atoms with van der Waals surface area (Å²) in [5.41, 5.74) is 2.54. The number of ether oxygens (including phenoxy) is 1. The van der Waals surface area contributed by atoms with Gasteiger partial charge in [0.15, 0.2) is 0 Å². The third-order valence-electron chi connectivity index (χ3n) is 3.49. The lowest BCUT2D eigenvalue weighted by Gasteiger charge is -2.11. The Morgan fingerprint density at radius 1 is 1.12 bits per heavy atom. The number of amides is 2. The van der Waals surface area contributed by atoms with Crippen LogP contribution in [0.2, 0.25) is 5.02 Å². The Labute approximate surface area is 146 Å². The summed E-state index contributed by atoms with van der Waals surface area (Å²) >= 11 is 5.91. The molecular weight excluding hydrogens is 328 g/mol. The van der Waals surface area contributed by atoms with Crippen LogP contribution in [-0.2, 0) is 16.1 Å². The monoisotopic (exact) mass is 346 g/mol. The highest BCUT2D eigenvalue weighted by molar-refractivity contribution is 6.31. The van der Waals surface area contributed by atoms with E-state index in [0.29, 0.717) is 23.0 Å². The van der Waals surface area contributed by atoms with E-state index in [2.05, 4.69) is 10.6 Å². The van der Waals surface area contributed by atoms with Crippen molar-refractivity contribution in [3.63, 3.8) is 0 Å². The molecule has 0 aliphatic heterocycles. The molecule has 126 valence electrons.